The second-order valence-electron chi connectivity index (χ2n) is 4.16. The minimum Gasteiger partial charge on any atom is -0.367 e. The molecule has 19 heavy (non-hydrogen) atoms. The molecule has 0 atom stereocenters. The largest absolute Gasteiger partial charge is 0.367 e. The summed E-state index contributed by atoms with van der Waals surface area (Å²) in [4.78, 5) is 17.3. The summed E-state index contributed by atoms with van der Waals surface area (Å²) in [5, 5.41) is 6.44. The molecule has 1 N–H and O–H groups in total. The number of hydrogen-bond acceptors (Lipinski definition) is 4. The summed E-state index contributed by atoms with van der Waals surface area (Å²) >= 11 is 0. The van der Waals surface area contributed by atoms with E-state index < -0.39 is 0 Å². The maximum Gasteiger partial charge on any atom is 0.248 e. The van der Waals surface area contributed by atoms with Crippen LogP contribution >= 0.6 is 0 Å². The van der Waals surface area contributed by atoms with Gasteiger partial charge >= 0.3 is 0 Å². The first-order valence-corrected chi connectivity index (χ1v) is 5.95. The minimum atomic E-state index is -0.0904. The third-order valence-electron chi connectivity index (χ3n) is 2.61. The summed E-state index contributed by atoms with van der Waals surface area (Å²) in [5.74, 6) is 0.561. The predicted octanol–water partition coefficient (Wildman–Crippen LogP) is 0.980. The average Bonchev–Trinajstić information content (AvgIpc) is 2.92. The van der Waals surface area contributed by atoms with Crippen molar-refractivity contribution in [2.45, 2.75) is 13.2 Å². The molecule has 0 saturated carbocycles. The normalized spacial score (nSPS) is 10.4. The zero-order valence-corrected chi connectivity index (χ0v) is 10.7. The molecule has 0 spiro atoms. The van der Waals surface area contributed by atoms with Gasteiger partial charge in [-0.15, -0.1) is 0 Å². The lowest BCUT2D eigenvalue weighted by Crippen LogP contribution is -2.30. The molecule has 6 nitrogen and oxygen atoms in total. The van der Waals surface area contributed by atoms with Crippen LogP contribution in [0.4, 0.5) is 0 Å². The number of rotatable bonds is 6. The number of nitrogens with one attached hydrogen (secondary N) is 1. The van der Waals surface area contributed by atoms with E-state index in [1.165, 1.54) is 6.33 Å². The molecule has 100 valence electrons. The van der Waals surface area contributed by atoms with E-state index in [9.17, 15) is 4.79 Å². The Hall–Kier alpha value is -2.21. The molecule has 1 amide bonds. The Labute approximate surface area is 111 Å². The predicted molar refractivity (Wildman–Crippen MR) is 69.0 cm³/mol. The van der Waals surface area contributed by atoms with Gasteiger partial charge in [0.15, 0.2) is 0 Å². The summed E-state index contributed by atoms with van der Waals surface area (Å²) in [5.41, 5.74) is 1.05. The molecule has 6 heteroatoms. The van der Waals surface area contributed by atoms with Crippen molar-refractivity contribution in [1.29, 1.82) is 0 Å². The van der Waals surface area contributed by atoms with Crippen molar-refractivity contribution < 1.29 is 9.53 Å². The third kappa shape index (κ3) is 4.18. The third-order valence-corrected chi connectivity index (χ3v) is 2.61. The van der Waals surface area contributed by atoms with Crippen LogP contribution in [0.25, 0.3) is 0 Å². The molecule has 0 aliphatic carbocycles. The van der Waals surface area contributed by atoms with Gasteiger partial charge in [-0.1, -0.05) is 30.3 Å². The molecule has 1 aromatic heterocycles. The van der Waals surface area contributed by atoms with Crippen molar-refractivity contribution in [3.05, 3.63) is 48.0 Å². The lowest BCUT2D eigenvalue weighted by Gasteiger charge is -2.15. The first-order chi connectivity index (χ1) is 9.25. The zero-order chi connectivity index (χ0) is 13.5. The van der Waals surface area contributed by atoms with Crippen LogP contribution in [0.15, 0.2) is 36.7 Å². The maximum atomic E-state index is 11.8. The van der Waals surface area contributed by atoms with Gasteiger partial charge in [-0.25, -0.2) is 4.98 Å². The fourth-order valence-corrected chi connectivity index (χ4v) is 1.56. The summed E-state index contributed by atoms with van der Waals surface area (Å²) in [6.07, 6.45) is 1.42. The van der Waals surface area contributed by atoms with Crippen LogP contribution in [0.5, 0.6) is 0 Å². The van der Waals surface area contributed by atoms with Crippen molar-refractivity contribution in [3.8, 4) is 0 Å². The standard InChI is InChI=1S/C13H16N4O2/c1-17(7-12-14-10-15-16-12)13(18)9-19-8-11-5-3-2-4-6-11/h2-6,10H,7-9H2,1H3,(H,14,15,16). The average molecular weight is 260 g/mol. The van der Waals surface area contributed by atoms with Gasteiger partial charge in [-0.2, -0.15) is 5.10 Å². The monoisotopic (exact) mass is 260 g/mol. The van der Waals surface area contributed by atoms with Crippen LogP contribution in [0.2, 0.25) is 0 Å². The fraction of sp³-hybridized carbons (Fsp3) is 0.308. The van der Waals surface area contributed by atoms with E-state index in [4.69, 9.17) is 4.74 Å². The maximum absolute atomic E-state index is 11.8. The smallest absolute Gasteiger partial charge is 0.248 e. The molecule has 0 aliphatic rings. The molecule has 0 aliphatic heterocycles. The number of benzene rings is 1. The van der Waals surface area contributed by atoms with Crippen molar-refractivity contribution in [3.63, 3.8) is 0 Å². The van der Waals surface area contributed by atoms with Gasteiger partial charge in [0.1, 0.15) is 18.8 Å². The number of nitrogens with zero attached hydrogens (tertiary/aromatic N) is 3. The van der Waals surface area contributed by atoms with E-state index in [1.54, 1.807) is 11.9 Å². The van der Waals surface area contributed by atoms with Crippen LogP contribution in [0.3, 0.4) is 0 Å². The quantitative estimate of drug-likeness (QED) is 0.840. The Morgan fingerprint density at radius 1 is 1.37 bits per heavy atom. The molecule has 0 fully saturated rings. The van der Waals surface area contributed by atoms with Crippen molar-refractivity contribution >= 4 is 5.91 Å². The second-order valence-corrected chi connectivity index (χ2v) is 4.16. The number of H-pyrrole nitrogens is 1. The highest BCUT2D eigenvalue weighted by atomic mass is 16.5. The molecule has 0 unspecified atom stereocenters. The number of ether oxygens (including phenoxy) is 1. The number of hydrogen-bond donors (Lipinski definition) is 1. The van der Waals surface area contributed by atoms with Crippen LogP contribution < -0.4 is 0 Å². The van der Waals surface area contributed by atoms with E-state index in [-0.39, 0.29) is 12.5 Å². The van der Waals surface area contributed by atoms with Crippen molar-refractivity contribution in [1.82, 2.24) is 20.1 Å². The lowest BCUT2D eigenvalue weighted by molar-refractivity contribution is -0.135. The molecular weight excluding hydrogens is 244 g/mol. The number of carbonyl (C=O) groups excluding carboxylic acids is 1. The lowest BCUT2D eigenvalue weighted by atomic mass is 10.2. The summed E-state index contributed by atoms with van der Waals surface area (Å²) in [7, 11) is 1.71. The zero-order valence-electron chi connectivity index (χ0n) is 10.7. The van der Waals surface area contributed by atoms with Crippen molar-refractivity contribution in [2.75, 3.05) is 13.7 Å². The highest BCUT2D eigenvalue weighted by Gasteiger charge is 2.10. The number of aromatic amines is 1. The highest BCUT2D eigenvalue weighted by Crippen LogP contribution is 2.01. The van der Waals surface area contributed by atoms with Gasteiger partial charge in [0.25, 0.3) is 0 Å². The number of amides is 1. The van der Waals surface area contributed by atoms with Gasteiger partial charge in [-0.3, -0.25) is 9.89 Å². The Kier molecular flexibility index (Phi) is 4.63. The van der Waals surface area contributed by atoms with E-state index >= 15 is 0 Å². The second kappa shape index (κ2) is 6.65. The van der Waals surface area contributed by atoms with Gasteiger partial charge in [-0.05, 0) is 5.56 Å². The van der Waals surface area contributed by atoms with Gasteiger partial charge in [0, 0.05) is 7.05 Å². The van der Waals surface area contributed by atoms with Crippen LogP contribution in [-0.4, -0.2) is 39.6 Å². The number of carbonyl (C=O) groups is 1. The topological polar surface area (TPSA) is 71.1 Å². The van der Waals surface area contributed by atoms with E-state index in [2.05, 4.69) is 15.2 Å². The van der Waals surface area contributed by atoms with E-state index in [0.29, 0.717) is 19.0 Å². The molecule has 0 bridgehead atoms. The first kappa shape index (κ1) is 13.2. The molecule has 1 aromatic carbocycles. The summed E-state index contributed by atoms with van der Waals surface area (Å²) in [6, 6.07) is 9.75. The van der Waals surface area contributed by atoms with Gasteiger partial charge < -0.3 is 9.64 Å². The van der Waals surface area contributed by atoms with E-state index in [0.717, 1.165) is 5.56 Å². The highest BCUT2D eigenvalue weighted by molar-refractivity contribution is 5.77. The molecule has 1 heterocycles. The van der Waals surface area contributed by atoms with Gasteiger partial charge in [0.05, 0.1) is 13.2 Å². The summed E-state index contributed by atoms with van der Waals surface area (Å²) in [6.45, 7) is 0.885. The molecule has 0 saturated heterocycles. The van der Waals surface area contributed by atoms with Crippen molar-refractivity contribution in [2.24, 2.45) is 0 Å². The van der Waals surface area contributed by atoms with Crippen LogP contribution in [0, 0.1) is 0 Å². The number of likely N-dealkylation sites (N-methyl/N-ethyl adjacent to an activating group) is 1. The molecular formula is C13H16N4O2. The van der Waals surface area contributed by atoms with E-state index in [1.807, 2.05) is 30.3 Å². The fourth-order valence-electron chi connectivity index (χ4n) is 1.56. The Bertz CT molecular complexity index is 499. The SMILES string of the molecule is CN(Cc1ncn[nH]1)C(=O)COCc1ccccc1. The minimum absolute atomic E-state index is 0.0551. The number of aromatic nitrogens is 3. The first-order valence-electron chi connectivity index (χ1n) is 5.95. The van der Waals surface area contributed by atoms with Crippen LogP contribution in [0.1, 0.15) is 11.4 Å². The molecule has 2 rings (SSSR count). The molecule has 2 aromatic rings. The Balaban J connectivity index is 1.72. The van der Waals surface area contributed by atoms with Crippen LogP contribution in [-0.2, 0) is 22.7 Å². The summed E-state index contributed by atoms with van der Waals surface area (Å²) < 4.78 is 5.38. The van der Waals surface area contributed by atoms with Gasteiger partial charge in [0.2, 0.25) is 5.91 Å². The Morgan fingerprint density at radius 3 is 2.84 bits per heavy atom. The molecule has 0 radical (unpaired) electrons. The Morgan fingerprint density at radius 2 is 2.16 bits per heavy atom.